The highest BCUT2D eigenvalue weighted by molar-refractivity contribution is 5.89. The first-order valence-electron chi connectivity index (χ1n) is 9.26. The minimum absolute atomic E-state index is 0.297. The smallest absolute Gasteiger partial charge is 0.217 e. The number of nitrogens with one attached hydrogen (secondary N) is 1. The highest BCUT2D eigenvalue weighted by Gasteiger charge is 2.80. The normalized spacial score (nSPS) is 36.3. The van der Waals surface area contributed by atoms with E-state index < -0.39 is 28.6 Å². The van der Waals surface area contributed by atoms with Gasteiger partial charge >= 0.3 is 0 Å². The Kier molecular flexibility index (Phi) is 3.77. The summed E-state index contributed by atoms with van der Waals surface area (Å²) in [5, 5.41) is 39.1. The molecule has 2 heterocycles. The van der Waals surface area contributed by atoms with Gasteiger partial charge in [0.25, 0.3) is 0 Å². The molecular weight excluding hydrogens is 340 g/mol. The number of rotatable bonds is 1. The van der Waals surface area contributed by atoms with Gasteiger partial charge in [-0.3, -0.25) is 5.41 Å². The van der Waals surface area contributed by atoms with Crippen molar-refractivity contribution in [3.63, 3.8) is 0 Å². The molecule has 0 unspecified atom stereocenters. The van der Waals surface area contributed by atoms with Crippen LogP contribution < -0.4 is 0 Å². The van der Waals surface area contributed by atoms with Crippen LogP contribution in [0.3, 0.4) is 0 Å². The molecule has 0 aromatic heterocycles. The van der Waals surface area contributed by atoms with Gasteiger partial charge in [0, 0.05) is 6.42 Å². The van der Waals surface area contributed by atoms with Crippen LogP contribution >= 0.6 is 0 Å². The molecule has 1 N–H and O–H groups in total. The third-order valence-corrected chi connectivity index (χ3v) is 6.45. The van der Waals surface area contributed by atoms with E-state index in [9.17, 15) is 15.8 Å². The van der Waals surface area contributed by atoms with Gasteiger partial charge in [-0.15, -0.1) is 0 Å². The summed E-state index contributed by atoms with van der Waals surface area (Å²) in [6.07, 6.45) is 2.89. The van der Waals surface area contributed by atoms with Crippen molar-refractivity contribution in [1.82, 2.24) is 0 Å². The second kappa shape index (κ2) is 5.81. The lowest BCUT2D eigenvalue weighted by molar-refractivity contribution is -0.284. The maximum Gasteiger partial charge on any atom is 0.217 e. The lowest BCUT2D eigenvalue weighted by Crippen LogP contribution is -2.59. The van der Waals surface area contributed by atoms with Crippen LogP contribution in [-0.4, -0.2) is 11.7 Å². The topological polar surface area (TPSA) is 114 Å². The first kappa shape index (κ1) is 17.5. The van der Waals surface area contributed by atoms with Crippen molar-refractivity contribution in [1.29, 1.82) is 21.2 Å². The lowest BCUT2D eigenvalue weighted by atomic mass is 9.52. The minimum Gasteiger partial charge on any atom is -0.447 e. The Morgan fingerprint density at radius 1 is 1.04 bits per heavy atom. The molecule has 4 rings (SSSR count). The quantitative estimate of drug-likeness (QED) is 0.816. The third kappa shape index (κ3) is 1.98. The van der Waals surface area contributed by atoms with Crippen LogP contribution in [0.1, 0.15) is 49.3 Å². The van der Waals surface area contributed by atoms with E-state index in [0.29, 0.717) is 18.4 Å². The van der Waals surface area contributed by atoms with Gasteiger partial charge in [0.05, 0.1) is 24.1 Å². The van der Waals surface area contributed by atoms with Gasteiger partial charge < -0.3 is 9.47 Å². The van der Waals surface area contributed by atoms with E-state index in [2.05, 4.69) is 18.2 Å². The van der Waals surface area contributed by atoms with Crippen molar-refractivity contribution in [3.8, 4) is 18.2 Å². The van der Waals surface area contributed by atoms with E-state index >= 15 is 0 Å². The van der Waals surface area contributed by atoms with E-state index in [1.54, 1.807) is 0 Å². The first-order chi connectivity index (χ1) is 13.0. The van der Waals surface area contributed by atoms with Crippen LogP contribution in [-0.2, 0) is 9.47 Å². The summed E-state index contributed by atoms with van der Waals surface area (Å²) in [7, 11) is 0. The maximum atomic E-state index is 10.2. The first-order valence-corrected chi connectivity index (χ1v) is 9.26. The summed E-state index contributed by atoms with van der Waals surface area (Å²) in [5.41, 5.74) is -1.78. The Labute approximate surface area is 158 Å². The zero-order chi connectivity index (χ0) is 19.3. The van der Waals surface area contributed by atoms with Gasteiger partial charge in [0.1, 0.15) is 6.10 Å². The summed E-state index contributed by atoms with van der Waals surface area (Å²) < 4.78 is 12.3. The summed E-state index contributed by atoms with van der Waals surface area (Å²) in [5.74, 6) is -1.91. The Balaban J connectivity index is 1.99. The molecular formula is C21H20N4O2. The predicted octanol–water partition coefficient (Wildman–Crippen LogP) is 3.89. The van der Waals surface area contributed by atoms with Crippen LogP contribution in [0.25, 0.3) is 0 Å². The van der Waals surface area contributed by atoms with Crippen molar-refractivity contribution in [2.45, 2.75) is 50.9 Å². The van der Waals surface area contributed by atoms with Crippen LogP contribution in [0.4, 0.5) is 0 Å². The van der Waals surface area contributed by atoms with Crippen molar-refractivity contribution >= 4 is 5.90 Å². The number of nitrogens with zero attached hydrogens (tertiary/aromatic N) is 3. The fourth-order valence-electron chi connectivity index (χ4n) is 5.08. The standard InChI is InChI=1S/C21H20N4O2/c1-14-6-8-15(9-7-14)17-19(11-22,12-23)20(13-24)16-5-3-2-4-10-21(16,26-17)27-18(20)25/h6-9,16-17,25H,2-5,10H2,1H3/t16-,17-,20-,21+/m1/s1. The van der Waals surface area contributed by atoms with Crippen LogP contribution in [0, 0.1) is 63.1 Å². The molecule has 0 radical (unpaired) electrons. The Hall–Kier alpha value is -2.88. The van der Waals surface area contributed by atoms with Gasteiger partial charge in [-0.05, 0) is 25.3 Å². The van der Waals surface area contributed by atoms with Crippen molar-refractivity contribution in [2.24, 2.45) is 16.7 Å². The SMILES string of the molecule is Cc1ccc([C@H]2O[C@]34CCCCC[C@@H]3[C@](C#N)(C(=N)O4)C2(C#N)C#N)cc1. The Morgan fingerprint density at radius 3 is 2.37 bits per heavy atom. The van der Waals surface area contributed by atoms with Crippen molar-refractivity contribution in [3.05, 3.63) is 35.4 Å². The molecule has 4 atom stereocenters. The molecule has 136 valence electrons. The minimum atomic E-state index is -1.84. The molecule has 2 aliphatic heterocycles. The molecule has 6 heteroatoms. The molecule has 3 fully saturated rings. The molecule has 1 aliphatic carbocycles. The molecule has 27 heavy (non-hydrogen) atoms. The van der Waals surface area contributed by atoms with Crippen LogP contribution in [0.5, 0.6) is 0 Å². The van der Waals surface area contributed by atoms with E-state index in [0.717, 1.165) is 24.8 Å². The average Bonchev–Trinajstić information content (AvgIpc) is 2.81. The van der Waals surface area contributed by atoms with Gasteiger partial charge in [-0.1, -0.05) is 42.7 Å². The molecule has 6 nitrogen and oxygen atoms in total. The number of nitriles is 3. The lowest BCUT2D eigenvalue weighted by Gasteiger charge is -2.49. The van der Waals surface area contributed by atoms with Gasteiger partial charge in [0.2, 0.25) is 17.1 Å². The van der Waals surface area contributed by atoms with Gasteiger partial charge in [-0.2, -0.15) is 15.8 Å². The Morgan fingerprint density at radius 2 is 1.74 bits per heavy atom. The van der Waals surface area contributed by atoms with E-state index in [1.807, 2.05) is 31.2 Å². The van der Waals surface area contributed by atoms with E-state index in [-0.39, 0.29) is 5.90 Å². The molecule has 2 bridgehead atoms. The van der Waals surface area contributed by atoms with Gasteiger partial charge in [0.15, 0.2) is 5.41 Å². The van der Waals surface area contributed by atoms with E-state index in [4.69, 9.17) is 14.9 Å². The Bertz CT molecular complexity index is 905. The monoisotopic (exact) mass is 360 g/mol. The van der Waals surface area contributed by atoms with Crippen molar-refractivity contribution < 1.29 is 9.47 Å². The maximum absolute atomic E-state index is 10.2. The van der Waals surface area contributed by atoms with Gasteiger partial charge in [-0.25, -0.2) is 0 Å². The molecule has 3 aliphatic rings. The number of aryl methyl sites for hydroxylation is 1. The summed E-state index contributed by atoms with van der Waals surface area (Å²) in [6.45, 7) is 1.95. The largest absolute Gasteiger partial charge is 0.447 e. The molecule has 0 spiro atoms. The molecule has 0 amide bonds. The molecule has 1 saturated carbocycles. The summed E-state index contributed by atoms with van der Waals surface area (Å²) >= 11 is 0. The second-order valence-corrected chi connectivity index (χ2v) is 7.75. The zero-order valence-corrected chi connectivity index (χ0v) is 15.2. The second-order valence-electron chi connectivity index (χ2n) is 7.75. The van der Waals surface area contributed by atoms with Crippen LogP contribution in [0.15, 0.2) is 24.3 Å². The molecule has 2 saturated heterocycles. The average molecular weight is 360 g/mol. The molecule has 1 aromatic rings. The number of ether oxygens (including phenoxy) is 2. The number of benzene rings is 1. The highest BCUT2D eigenvalue weighted by Crippen LogP contribution is 2.68. The third-order valence-electron chi connectivity index (χ3n) is 6.45. The number of hydrogen-bond acceptors (Lipinski definition) is 6. The zero-order valence-electron chi connectivity index (χ0n) is 15.2. The summed E-state index contributed by atoms with van der Waals surface area (Å²) in [4.78, 5) is 0. The predicted molar refractivity (Wildman–Crippen MR) is 94.8 cm³/mol. The fraction of sp³-hybridized carbons (Fsp3) is 0.524. The van der Waals surface area contributed by atoms with E-state index in [1.165, 1.54) is 0 Å². The molecule has 1 aromatic carbocycles. The van der Waals surface area contributed by atoms with Crippen molar-refractivity contribution in [2.75, 3.05) is 0 Å². The number of hydrogen-bond donors (Lipinski definition) is 1. The summed E-state index contributed by atoms with van der Waals surface area (Å²) in [6, 6.07) is 13.8. The van der Waals surface area contributed by atoms with Crippen LogP contribution in [0.2, 0.25) is 0 Å². The fourth-order valence-corrected chi connectivity index (χ4v) is 5.08. The highest BCUT2D eigenvalue weighted by atomic mass is 16.7.